The van der Waals surface area contributed by atoms with Crippen LogP contribution in [0.5, 0.6) is 0 Å². The molecule has 0 amide bonds. The molecule has 12 heavy (non-hydrogen) atoms. The van der Waals surface area contributed by atoms with Crippen molar-refractivity contribution in [1.29, 1.82) is 0 Å². The highest BCUT2D eigenvalue weighted by atomic mass is 15.2. The van der Waals surface area contributed by atoms with Gasteiger partial charge in [0.05, 0.1) is 5.69 Å². The molecule has 0 saturated carbocycles. The molecule has 3 nitrogen and oxygen atoms in total. The van der Waals surface area contributed by atoms with Gasteiger partial charge in [0.2, 0.25) is 0 Å². The molecule has 0 atom stereocenters. The van der Waals surface area contributed by atoms with Crippen LogP contribution in [0.2, 0.25) is 0 Å². The van der Waals surface area contributed by atoms with Gasteiger partial charge in [0.25, 0.3) is 0 Å². The highest BCUT2D eigenvalue weighted by Gasteiger charge is 2.00. The molecule has 0 saturated heterocycles. The summed E-state index contributed by atoms with van der Waals surface area (Å²) >= 11 is 0. The zero-order chi connectivity index (χ0) is 9.14. The van der Waals surface area contributed by atoms with Crippen LogP contribution in [-0.4, -0.2) is 9.78 Å². The van der Waals surface area contributed by atoms with Crippen LogP contribution >= 0.6 is 0 Å². The molecule has 1 aromatic rings. The maximum absolute atomic E-state index is 5.53. The van der Waals surface area contributed by atoms with E-state index in [-0.39, 0.29) is 0 Å². The molecule has 0 aliphatic heterocycles. The molecular formula is C9H13N3. The summed E-state index contributed by atoms with van der Waals surface area (Å²) in [5.41, 5.74) is 8.15. The van der Waals surface area contributed by atoms with E-state index in [1.807, 2.05) is 26.2 Å². The molecule has 0 spiro atoms. The van der Waals surface area contributed by atoms with E-state index in [9.17, 15) is 0 Å². The normalized spacial score (nSPS) is 11.7. The first-order valence-corrected chi connectivity index (χ1v) is 3.73. The van der Waals surface area contributed by atoms with Crippen LogP contribution < -0.4 is 5.73 Å². The third-order valence-electron chi connectivity index (χ3n) is 1.47. The maximum atomic E-state index is 5.53. The van der Waals surface area contributed by atoms with Gasteiger partial charge in [0.1, 0.15) is 0 Å². The molecular weight excluding hydrogens is 150 g/mol. The summed E-state index contributed by atoms with van der Waals surface area (Å²) in [6.07, 6.45) is 5.50. The minimum Gasteiger partial charge on any atom is -0.402 e. The quantitative estimate of drug-likeness (QED) is 0.715. The second-order valence-electron chi connectivity index (χ2n) is 2.74. The maximum Gasteiger partial charge on any atom is 0.0939 e. The lowest BCUT2D eigenvalue weighted by atomic mass is 10.2. The van der Waals surface area contributed by atoms with Crippen molar-refractivity contribution in [2.24, 2.45) is 12.8 Å². The number of hydrogen-bond acceptors (Lipinski definition) is 2. The van der Waals surface area contributed by atoms with Crippen molar-refractivity contribution >= 4 is 12.2 Å². The fourth-order valence-corrected chi connectivity index (χ4v) is 1.01. The van der Waals surface area contributed by atoms with E-state index in [1.54, 1.807) is 10.8 Å². The van der Waals surface area contributed by atoms with Gasteiger partial charge in [0.15, 0.2) is 0 Å². The van der Waals surface area contributed by atoms with Crippen molar-refractivity contribution in [3.8, 4) is 0 Å². The molecule has 0 bridgehead atoms. The van der Waals surface area contributed by atoms with E-state index in [0.717, 1.165) is 17.0 Å². The average Bonchev–Trinajstić information content (AvgIpc) is 2.29. The molecule has 0 aliphatic rings. The lowest BCUT2D eigenvalue weighted by molar-refractivity contribution is 0.764. The molecule has 1 aromatic heterocycles. The Labute approximate surface area is 72.2 Å². The van der Waals surface area contributed by atoms with Crippen molar-refractivity contribution in [3.05, 3.63) is 29.7 Å². The predicted octanol–water partition coefficient (Wildman–Crippen LogP) is 1.38. The van der Waals surface area contributed by atoms with E-state index in [0.29, 0.717) is 0 Å². The van der Waals surface area contributed by atoms with Gasteiger partial charge in [0, 0.05) is 24.5 Å². The number of nitrogens with two attached hydrogens (primary N) is 1. The van der Waals surface area contributed by atoms with E-state index in [4.69, 9.17) is 5.73 Å². The topological polar surface area (TPSA) is 43.8 Å². The van der Waals surface area contributed by atoms with Gasteiger partial charge in [-0.15, -0.1) is 0 Å². The van der Waals surface area contributed by atoms with Crippen LogP contribution in [0.1, 0.15) is 18.2 Å². The second-order valence-corrected chi connectivity index (χ2v) is 2.74. The first kappa shape index (κ1) is 8.59. The molecule has 3 heteroatoms. The van der Waals surface area contributed by atoms with Gasteiger partial charge in [-0.1, -0.05) is 12.7 Å². The fraction of sp³-hybridized carbons (Fsp3) is 0.222. The highest BCUT2D eigenvalue weighted by Crippen LogP contribution is 2.10. The molecule has 0 aromatic carbocycles. The Morgan fingerprint density at radius 2 is 2.42 bits per heavy atom. The third-order valence-corrected chi connectivity index (χ3v) is 1.47. The minimum atomic E-state index is 0.747. The Bertz CT molecular complexity index is 317. The fourth-order valence-electron chi connectivity index (χ4n) is 1.01. The van der Waals surface area contributed by atoms with Gasteiger partial charge in [-0.25, -0.2) is 0 Å². The Kier molecular flexibility index (Phi) is 2.33. The van der Waals surface area contributed by atoms with Crippen molar-refractivity contribution in [2.75, 3.05) is 0 Å². The lowest BCUT2D eigenvalue weighted by Crippen LogP contribution is -1.92. The van der Waals surface area contributed by atoms with E-state index in [1.165, 1.54) is 0 Å². The Morgan fingerprint density at radius 3 is 2.92 bits per heavy atom. The SMILES string of the molecule is C=Cc1cn(C)nc1/C=C(\C)N. The molecule has 1 heterocycles. The van der Waals surface area contributed by atoms with Crippen molar-refractivity contribution in [2.45, 2.75) is 6.92 Å². The van der Waals surface area contributed by atoms with Gasteiger partial charge in [-0.2, -0.15) is 5.10 Å². The lowest BCUT2D eigenvalue weighted by Gasteiger charge is -1.90. The molecule has 2 N–H and O–H groups in total. The summed E-state index contributed by atoms with van der Waals surface area (Å²) in [6, 6.07) is 0. The minimum absolute atomic E-state index is 0.747. The summed E-state index contributed by atoms with van der Waals surface area (Å²) in [5, 5.41) is 4.21. The highest BCUT2D eigenvalue weighted by molar-refractivity contribution is 5.61. The van der Waals surface area contributed by atoms with E-state index in [2.05, 4.69) is 11.7 Å². The number of aromatic nitrogens is 2. The Hall–Kier alpha value is -1.51. The van der Waals surface area contributed by atoms with Gasteiger partial charge >= 0.3 is 0 Å². The smallest absolute Gasteiger partial charge is 0.0939 e. The predicted molar refractivity (Wildman–Crippen MR) is 51.1 cm³/mol. The molecule has 0 unspecified atom stereocenters. The third kappa shape index (κ3) is 1.75. The van der Waals surface area contributed by atoms with E-state index < -0.39 is 0 Å². The monoisotopic (exact) mass is 163 g/mol. The molecule has 0 fully saturated rings. The molecule has 0 aliphatic carbocycles. The van der Waals surface area contributed by atoms with Crippen LogP contribution in [0.3, 0.4) is 0 Å². The van der Waals surface area contributed by atoms with E-state index >= 15 is 0 Å². The largest absolute Gasteiger partial charge is 0.402 e. The summed E-state index contributed by atoms with van der Waals surface area (Å²) in [4.78, 5) is 0. The van der Waals surface area contributed by atoms with Crippen LogP contribution in [0.4, 0.5) is 0 Å². The first-order chi connectivity index (χ1) is 5.63. The average molecular weight is 163 g/mol. The number of hydrogen-bond donors (Lipinski definition) is 1. The summed E-state index contributed by atoms with van der Waals surface area (Å²) in [7, 11) is 1.87. The van der Waals surface area contributed by atoms with Crippen LogP contribution in [0, 0.1) is 0 Å². The van der Waals surface area contributed by atoms with Crippen LogP contribution in [0.15, 0.2) is 18.5 Å². The Morgan fingerprint density at radius 1 is 1.75 bits per heavy atom. The molecule has 64 valence electrons. The number of nitrogens with zero attached hydrogens (tertiary/aromatic N) is 2. The van der Waals surface area contributed by atoms with Crippen molar-refractivity contribution in [1.82, 2.24) is 9.78 Å². The summed E-state index contributed by atoms with van der Waals surface area (Å²) in [5.74, 6) is 0. The summed E-state index contributed by atoms with van der Waals surface area (Å²) in [6.45, 7) is 5.52. The standard InChI is InChI=1S/C9H13N3/c1-4-8-6-12(3)11-9(8)5-7(2)10/h4-6H,1,10H2,2-3H3/b7-5+. The van der Waals surface area contributed by atoms with Gasteiger partial charge in [-0.05, 0) is 13.0 Å². The van der Waals surface area contributed by atoms with Crippen molar-refractivity contribution in [3.63, 3.8) is 0 Å². The number of allylic oxidation sites excluding steroid dienone is 1. The molecule has 1 rings (SSSR count). The van der Waals surface area contributed by atoms with Crippen LogP contribution in [-0.2, 0) is 7.05 Å². The first-order valence-electron chi connectivity index (χ1n) is 3.73. The van der Waals surface area contributed by atoms with Gasteiger partial charge < -0.3 is 5.73 Å². The zero-order valence-electron chi connectivity index (χ0n) is 7.41. The van der Waals surface area contributed by atoms with Gasteiger partial charge in [-0.3, -0.25) is 4.68 Å². The zero-order valence-corrected chi connectivity index (χ0v) is 7.41. The number of aryl methyl sites for hydroxylation is 1. The second kappa shape index (κ2) is 3.26. The molecule has 0 radical (unpaired) electrons. The summed E-state index contributed by atoms with van der Waals surface area (Å²) < 4.78 is 1.74. The Balaban J connectivity index is 3.13. The van der Waals surface area contributed by atoms with Crippen molar-refractivity contribution < 1.29 is 0 Å². The van der Waals surface area contributed by atoms with Crippen LogP contribution in [0.25, 0.3) is 12.2 Å². The number of rotatable bonds is 2.